The summed E-state index contributed by atoms with van der Waals surface area (Å²) in [4.78, 5) is 0. The predicted octanol–water partition coefficient (Wildman–Crippen LogP) is 9.96. The van der Waals surface area contributed by atoms with Crippen molar-refractivity contribution in [2.75, 3.05) is 0 Å². The Morgan fingerprint density at radius 2 is 0.690 bits per heavy atom. The van der Waals surface area contributed by atoms with E-state index < -0.39 is 0 Å². The molecule has 4 rings (SSSR count). The van der Waals surface area contributed by atoms with Crippen LogP contribution in [0.1, 0.15) is 149 Å². The molecule has 4 aliphatic rings. The lowest BCUT2D eigenvalue weighted by atomic mass is 9.64. The van der Waals surface area contributed by atoms with Gasteiger partial charge in [-0.3, -0.25) is 0 Å². The van der Waals surface area contributed by atoms with Crippen LogP contribution in [0.5, 0.6) is 0 Å². The molecule has 3 atom stereocenters. The Hall–Kier alpha value is 0. The third kappa shape index (κ3) is 7.88. The third-order valence-electron chi connectivity index (χ3n) is 9.60. The van der Waals surface area contributed by atoms with Crippen molar-refractivity contribution in [2.45, 2.75) is 149 Å². The Balaban J connectivity index is 0.000000343. The van der Waals surface area contributed by atoms with Crippen molar-refractivity contribution < 1.29 is 0 Å². The molecule has 170 valence electrons. The van der Waals surface area contributed by atoms with Crippen molar-refractivity contribution in [1.29, 1.82) is 0 Å². The highest BCUT2D eigenvalue weighted by Crippen LogP contribution is 2.47. The summed E-state index contributed by atoms with van der Waals surface area (Å²) in [7, 11) is 0. The molecule has 0 spiro atoms. The van der Waals surface area contributed by atoms with Crippen LogP contribution in [-0.4, -0.2) is 0 Å². The monoisotopic (exact) mass is 402 g/mol. The molecule has 3 unspecified atom stereocenters. The van der Waals surface area contributed by atoms with Crippen LogP contribution in [0.15, 0.2) is 0 Å². The summed E-state index contributed by atoms with van der Waals surface area (Å²) in [6.45, 7) is 5.17. The topological polar surface area (TPSA) is 0 Å². The summed E-state index contributed by atoms with van der Waals surface area (Å²) in [6.07, 6.45) is 32.0. The molecule has 0 N–H and O–H groups in total. The second kappa shape index (κ2) is 13.4. The van der Waals surface area contributed by atoms with Gasteiger partial charge in [0.05, 0.1) is 0 Å². The Labute approximate surface area is 184 Å². The van der Waals surface area contributed by atoms with Crippen LogP contribution in [0.2, 0.25) is 0 Å². The van der Waals surface area contributed by atoms with Crippen LogP contribution in [0.3, 0.4) is 0 Å². The molecular formula is C29H54. The van der Waals surface area contributed by atoms with E-state index in [4.69, 9.17) is 0 Å². The van der Waals surface area contributed by atoms with E-state index in [0.717, 1.165) is 35.5 Å². The van der Waals surface area contributed by atoms with Gasteiger partial charge in [0.2, 0.25) is 0 Å². The molecule has 4 saturated carbocycles. The molecule has 0 aromatic rings. The van der Waals surface area contributed by atoms with E-state index in [0.29, 0.717) is 0 Å². The van der Waals surface area contributed by atoms with Gasteiger partial charge in [0.25, 0.3) is 0 Å². The van der Waals surface area contributed by atoms with E-state index >= 15 is 0 Å². The van der Waals surface area contributed by atoms with Gasteiger partial charge in [-0.2, -0.15) is 0 Å². The Morgan fingerprint density at radius 1 is 0.345 bits per heavy atom. The molecule has 29 heavy (non-hydrogen) atoms. The van der Waals surface area contributed by atoms with Crippen molar-refractivity contribution in [3.63, 3.8) is 0 Å². The molecule has 4 fully saturated rings. The van der Waals surface area contributed by atoms with Gasteiger partial charge in [0.1, 0.15) is 0 Å². The average Bonchev–Trinajstić information content (AvgIpc) is 3.30. The van der Waals surface area contributed by atoms with Crippen LogP contribution in [0.25, 0.3) is 0 Å². The van der Waals surface area contributed by atoms with Crippen molar-refractivity contribution in [3.05, 3.63) is 0 Å². The average molecular weight is 403 g/mol. The van der Waals surface area contributed by atoms with Crippen LogP contribution >= 0.6 is 0 Å². The van der Waals surface area contributed by atoms with Crippen LogP contribution in [0, 0.1) is 35.5 Å². The van der Waals surface area contributed by atoms with Gasteiger partial charge in [-0.15, -0.1) is 0 Å². The fourth-order valence-electron chi connectivity index (χ4n) is 7.62. The van der Waals surface area contributed by atoms with Crippen molar-refractivity contribution in [2.24, 2.45) is 35.5 Å². The summed E-state index contributed by atoms with van der Waals surface area (Å²) in [6, 6.07) is 0. The lowest BCUT2D eigenvalue weighted by molar-refractivity contribution is 0.0827. The van der Waals surface area contributed by atoms with E-state index in [1.807, 2.05) is 0 Å². The minimum Gasteiger partial charge on any atom is -0.0625 e. The molecule has 4 aliphatic carbocycles. The molecule has 0 heteroatoms. The number of hydrogen-bond acceptors (Lipinski definition) is 0. The molecule has 0 heterocycles. The largest absolute Gasteiger partial charge is 0.0625 e. The van der Waals surface area contributed by atoms with Crippen LogP contribution in [0.4, 0.5) is 0 Å². The third-order valence-corrected chi connectivity index (χ3v) is 9.60. The van der Waals surface area contributed by atoms with E-state index in [1.165, 1.54) is 96.3 Å². The predicted molar refractivity (Wildman–Crippen MR) is 129 cm³/mol. The summed E-state index contributed by atoms with van der Waals surface area (Å²) >= 11 is 0. The van der Waals surface area contributed by atoms with Crippen molar-refractivity contribution in [3.8, 4) is 0 Å². The minimum atomic E-state index is 1.01. The Kier molecular flexibility index (Phi) is 10.9. The standard InChI is InChI=1S/C23H42.C6H12/c1-18-14-16-21(17-15-18)23-13-7-5-3-4-6-12-22(19(23)2)20-10-8-9-11-20;1-2-4-6-5-3-1/h18-23H,3-17H2,1-2H3;1-6H2. The van der Waals surface area contributed by atoms with E-state index in [9.17, 15) is 0 Å². The maximum absolute atomic E-state index is 2.69. The first kappa shape index (κ1) is 23.7. The fraction of sp³-hybridized carbons (Fsp3) is 1.00. The minimum absolute atomic E-state index is 1.01. The summed E-state index contributed by atoms with van der Waals surface area (Å²) in [5.74, 6) is 6.31. The molecular weight excluding hydrogens is 348 g/mol. The zero-order chi connectivity index (χ0) is 20.3. The van der Waals surface area contributed by atoms with Crippen molar-refractivity contribution >= 4 is 0 Å². The SMILES string of the molecule is C1CCCCC1.CC1CCC(C2CCCCCCCC(C3CCCC3)C2C)CC1. The van der Waals surface area contributed by atoms with Gasteiger partial charge in [-0.1, -0.05) is 123 Å². The lowest BCUT2D eigenvalue weighted by Crippen LogP contribution is -2.33. The van der Waals surface area contributed by atoms with Crippen molar-refractivity contribution in [1.82, 2.24) is 0 Å². The summed E-state index contributed by atoms with van der Waals surface area (Å²) in [5, 5.41) is 0. The first-order chi connectivity index (χ1) is 14.3. The second-order valence-corrected chi connectivity index (χ2v) is 11.7. The highest BCUT2D eigenvalue weighted by atomic mass is 14.4. The highest BCUT2D eigenvalue weighted by Gasteiger charge is 2.37. The maximum atomic E-state index is 2.69. The Morgan fingerprint density at radius 3 is 1.14 bits per heavy atom. The van der Waals surface area contributed by atoms with Gasteiger partial charge in [0.15, 0.2) is 0 Å². The molecule has 0 aromatic carbocycles. The van der Waals surface area contributed by atoms with E-state index in [-0.39, 0.29) is 0 Å². The van der Waals surface area contributed by atoms with Gasteiger partial charge >= 0.3 is 0 Å². The van der Waals surface area contributed by atoms with Gasteiger partial charge in [-0.05, 0) is 61.2 Å². The first-order valence-corrected chi connectivity index (χ1v) is 14.3. The fourth-order valence-corrected chi connectivity index (χ4v) is 7.62. The second-order valence-electron chi connectivity index (χ2n) is 11.7. The first-order valence-electron chi connectivity index (χ1n) is 14.3. The molecule has 0 aliphatic heterocycles. The van der Waals surface area contributed by atoms with Crippen LogP contribution in [-0.2, 0) is 0 Å². The maximum Gasteiger partial charge on any atom is -0.0357 e. The quantitative estimate of drug-likeness (QED) is 0.431. The molecule has 0 saturated heterocycles. The molecule has 0 bridgehead atoms. The smallest absolute Gasteiger partial charge is 0.0357 e. The molecule has 0 radical (unpaired) electrons. The lowest BCUT2D eigenvalue weighted by Gasteiger charge is -2.42. The summed E-state index contributed by atoms with van der Waals surface area (Å²) in [5.41, 5.74) is 0. The number of hydrogen-bond donors (Lipinski definition) is 0. The van der Waals surface area contributed by atoms with Gasteiger partial charge < -0.3 is 0 Å². The zero-order valence-electron chi connectivity index (χ0n) is 20.3. The van der Waals surface area contributed by atoms with Gasteiger partial charge in [0, 0.05) is 0 Å². The Bertz CT molecular complexity index is 383. The van der Waals surface area contributed by atoms with Gasteiger partial charge in [-0.25, -0.2) is 0 Å². The highest BCUT2D eigenvalue weighted by molar-refractivity contribution is 4.87. The zero-order valence-corrected chi connectivity index (χ0v) is 20.3. The molecule has 0 aromatic heterocycles. The van der Waals surface area contributed by atoms with Crippen LogP contribution < -0.4 is 0 Å². The molecule has 0 nitrogen and oxygen atoms in total. The van der Waals surface area contributed by atoms with E-state index in [1.54, 1.807) is 38.5 Å². The normalized spacial score (nSPS) is 38.1. The number of rotatable bonds is 2. The van der Waals surface area contributed by atoms with E-state index in [2.05, 4.69) is 13.8 Å². The summed E-state index contributed by atoms with van der Waals surface area (Å²) < 4.78 is 0. The molecule has 0 amide bonds.